The van der Waals surface area contributed by atoms with E-state index in [-0.39, 0.29) is 12.2 Å². The Morgan fingerprint density at radius 2 is 1.41 bits per heavy atom. The number of rotatable bonds is 8. The molecule has 3 aromatic carbocycles. The number of benzene rings is 3. The lowest BCUT2D eigenvalue weighted by atomic mass is 10.0. The van der Waals surface area contributed by atoms with Gasteiger partial charge in [0.15, 0.2) is 0 Å². The molecular formula is C33H45FN2O3. The Morgan fingerprint density at radius 1 is 0.897 bits per heavy atom. The maximum Gasteiger partial charge on any atom is 0.410 e. The third kappa shape index (κ3) is 10.6. The molecule has 1 atom stereocenters. The van der Waals surface area contributed by atoms with Gasteiger partial charge in [-0.15, -0.1) is 0 Å². The number of aliphatic imine (C=N–C) groups is 1. The first-order valence-corrected chi connectivity index (χ1v) is 13.7. The average Bonchev–Trinajstić information content (AvgIpc) is 2.95. The number of nitrogens with zero attached hydrogens (tertiary/aromatic N) is 2. The fourth-order valence-corrected chi connectivity index (χ4v) is 3.60. The summed E-state index contributed by atoms with van der Waals surface area (Å²) in [5, 5.41) is 0. The molecule has 39 heavy (non-hydrogen) atoms. The number of hydrogen-bond acceptors (Lipinski definition) is 4. The minimum absolute atomic E-state index is 0.228. The normalized spacial score (nSPS) is 11.1. The summed E-state index contributed by atoms with van der Waals surface area (Å²) in [6, 6.07) is 24.3. The van der Waals surface area contributed by atoms with Crippen LogP contribution in [0.3, 0.4) is 0 Å². The van der Waals surface area contributed by atoms with Gasteiger partial charge in [0.2, 0.25) is 0 Å². The minimum atomic E-state index is -0.603. The quantitative estimate of drug-likeness (QED) is 0.270. The summed E-state index contributed by atoms with van der Waals surface area (Å²) < 4.78 is 26.4. The molecule has 0 bridgehead atoms. The topological polar surface area (TPSA) is 51.1 Å². The molecule has 5 nitrogen and oxygen atoms in total. The Hall–Kier alpha value is -3.51. The molecule has 6 heteroatoms. The van der Waals surface area contributed by atoms with Crippen molar-refractivity contribution >= 4 is 17.5 Å². The fraction of sp³-hybridized carbons (Fsp3) is 0.394. The summed E-state index contributed by atoms with van der Waals surface area (Å²) in [7, 11) is 1.54. The van der Waals surface area contributed by atoms with Crippen LogP contribution < -0.4 is 0 Å². The standard InChI is InChI=1S/C29H33FN2O3.2C2H6/c1-6-32(28(33)35-29(2,3)4)20-26(34-5)23-17-18-25(24(30)19-23)31-27(21-13-9-7-10-14-21)22-15-11-8-12-16-22;2*1-2/h7-19,26H,6,20H2,1-5H3;2*1-2H3. The molecule has 0 N–H and O–H groups in total. The van der Waals surface area contributed by atoms with Crippen molar-refractivity contribution in [1.29, 1.82) is 0 Å². The van der Waals surface area contributed by atoms with E-state index in [1.807, 2.05) is 116 Å². The van der Waals surface area contributed by atoms with Crippen molar-refractivity contribution in [2.24, 2.45) is 4.99 Å². The monoisotopic (exact) mass is 536 g/mol. The molecular weight excluding hydrogens is 491 g/mol. The van der Waals surface area contributed by atoms with Crippen molar-refractivity contribution in [2.75, 3.05) is 20.2 Å². The summed E-state index contributed by atoms with van der Waals surface area (Å²) in [5.41, 5.74) is 2.72. The number of likely N-dealkylation sites (N-methyl/N-ethyl adjacent to an activating group) is 1. The van der Waals surface area contributed by atoms with Crippen LogP contribution in [0.4, 0.5) is 14.9 Å². The Bertz CT molecular complexity index is 1100. The second-order valence-corrected chi connectivity index (χ2v) is 9.15. The summed E-state index contributed by atoms with van der Waals surface area (Å²) in [6.07, 6.45) is -0.947. The molecule has 0 saturated carbocycles. The van der Waals surface area contributed by atoms with Crippen LogP contribution in [0, 0.1) is 5.82 Å². The van der Waals surface area contributed by atoms with E-state index in [1.165, 1.54) is 6.07 Å². The van der Waals surface area contributed by atoms with Crippen LogP contribution >= 0.6 is 0 Å². The molecule has 0 aliphatic rings. The van der Waals surface area contributed by atoms with E-state index in [9.17, 15) is 4.79 Å². The molecule has 0 aliphatic heterocycles. The van der Waals surface area contributed by atoms with Gasteiger partial charge in [-0.3, -0.25) is 0 Å². The lowest BCUT2D eigenvalue weighted by Crippen LogP contribution is -2.39. The number of methoxy groups -OCH3 is 1. The van der Waals surface area contributed by atoms with Crippen molar-refractivity contribution in [3.8, 4) is 0 Å². The molecule has 0 saturated heterocycles. The summed E-state index contributed by atoms with van der Waals surface area (Å²) >= 11 is 0. The van der Waals surface area contributed by atoms with Gasteiger partial charge in [0.05, 0.1) is 24.0 Å². The molecule has 212 valence electrons. The Labute approximate surface area is 234 Å². The Morgan fingerprint density at radius 3 is 1.82 bits per heavy atom. The maximum atomic E-state index is 15.3. The first kappa shape index (κ1) is 33.5. The molecule has 0 aromatic heterocycles. The second kappa shape index (κ2) is 17.2. The average molecular weight is 537 g/mol. The van der Waals surface area contributed by atoms with Crippen molar-refractivity contribution < 1.29 is 18.7 Å². The molecule has 3 aromatic rings. The molecule has 0 radical (unpaired) electrons. The predicted molar refractivity (Wildman–Crippen MR) is 161 cm³/mol. The number of hydrogen-bond donors (Lipinski definition) is 0. The lowest BCUT2D eigenvalue weighted by Gasteiger charge is -2.29. The largest absolute Gasteiger partial charge is 0.444 e. The predicted octanol–water partition coefficient (Wildman–Crippen LogP) is 8.99. The van der Waals surface area contributed by atoms with Gasteiger partial charge < -0.3 is 14.4 Å². The van der Waals surface area contributed by atoms with Crippen LogP contribution in [0.15, 0.2) is 83.9 Å². The highest BCUT2D eigenvalue weighted by atomic mass is 19.1. The van der Waals surface area contributed by atoms with Crippen molar-refractivity contribution in [3.63, 3.8) is 0 Å². The van der Waals surface area contributed by atoms with Gasteiger partial charge in [-0.25, -0.2) is 14.2 Å². The Balaban J connectivity index is 0.00000181. The smallest absolute Gasteiger partial charge is 0.410 e. The summed E-state index contributed by atoms with van der Waals surface area (Å²) in [5.74, 6) is -0.464. The molecule has 0 heterocycles. The van der Waals surface area contributed by atoms with Crippen LogP contribution in [0.5, 0.6) is 0 Å². The van der Waals surface area contributed by atoms with Gasteiger partial charge in [0, 0.05) is 24.8 Å². The van der Waals surface area contributed by atoms with Gasteiger partial charge in [0.25, 0.3) is 0 Å². The maximum absolute atomic E-state index is 15.3. The van der Waals surface area contributed by atoms with Crippen LogP contribution in [0.1, 0.15) is 78.2 Å². The SMILES string of the molecule is CC.CC.CCN(CC(OC)c1ccc(N=C(c2ccccc2)c2ccccc2)c(F)c1)C(=O)OC(C)(C)C. The molecule has 1 unspecified atom stereocenters. The van der Waals surface area contributed by atoms with Crippen molar-refractivity contribution in [1.82, 2.24) is 4.90 Å². The van der Waals surface area contributed by atoms with Crippen LogP contribution in [0.2, 0.25) is 0 Å². The summed E-state index contributed by atoms with van der Waals surface area (Å²) in [6.45, 7) is 16.0. The van der Waals surface area contributed by atoms with Crippen LogP contribution in [-0.2, 0) is 9.47 Å². The minimum Gasteiger partial charge on any atom is -0.444 e. The van der Waals surface area contributed by atoms with E-state index < -0.39 is 23.6 Å². The Kier molecular flexibility index (Phi) is 14.7. The lowest BCUT2D eigenvalue weighted by molar-refractivity contribution is 0.00906. The molecule has 3 rings (SSSR count). The molecule has 0 fully saturated rings. The van der Waals surface area contributed by atoms with Gasteiger partial charge in [-0.1, -0.05) is 94.4 Å². The van der Waals surface area contributed by atoms with E-state index in [0.29, 0.717) is 17.8 Å². The van der Waals surface area contributed by atoms with Gasteiger partial charge >= 0.3 is 6.09 Å². The molecule has 1 amide bonds. The zero-order valence-electron chi connectivity index (χ0n) is 25.0. The van der Waals surface area contributed by atoms with Gasteiger partial charge in [0.1, 0.15) is 11.4 Å². The van der Waals surface area contributed by atoms with E-state index in [1.54, 1.807) is 24.1 Å². The fourth-order valence-electron chi connectivity index (χ4n) is 3.60. The first-order chi connectivity index (χ1) is 18.7. The van der Waals surface area contributed by atoms with Crippen LogP contribution in [0.25, 0.3) is 0 Å². The third-order valence-corrected chi connectivity index (χ3v) is 5.37. The van der Waals surface area contributed by atoms with Crippen molar-refractivity contribution in [3.05, 3.63) is 101 Å². The zero-order valence-corrected chi connectivity index (χ0v) is 25.0. The zero-order chi connectivity index (χ0) is 29.4. The highest BCUT2D eigenvalue weighted by molar-refractivity contribution is 6.13. The van der Waals surface area contributed by atoms with Gasteiger partial charge in [-0.2, -0.15) is 0 Å². The van der Waals surface area contributed by atoms with Crippen molar-refractivity contribution in [2.45, 2.75) is 67.1 Å². The summed E-state index contributed by atoms with van der Waals surface area (Å²) in [4.78, 5) is 18.8. The van der Waals surface area contributed by atoms with Gasteiger partial charge in [-0.05, 0) is 45.4 Å². The number of ether oxygens (including phenoxy) is 2. The van der Waals surface area contributed by atoms with Crippen LogP contribution in [-0.4, -0.2) is 42.5 Å². The van der Waals surface area contributed by atoms with E-state index in [2.05, 4.69) is 4.99 Å². The first-order valence-electron chi connectivity index (χ1n) is 13.7. The number of carbonyl (C=O) groups excluding carboxylic acids is 1. The number of amides is 1. The molecule has 0 aliphatic carbocycles. The van der Waals surface area contributed by atoms with E-state index in [4.69, 9.17) is 9.47 Å². The highest BCUT2D eigenvalue weighted by Crippen LogP contribution is 2.27. The number of carbonyl (C=O) groups is 1. The second-order valence-electron chi connectivity index (χ2n) is 9.15. The molecule has 0 spiro atoms. The highest BCUT2D eigenvalue weighted by Gasteiger charge is 2.25. The number of halogens is 1. The van der Waals surface area contributed by atoms with E-state index >= 15 is 4.39 Å². The third-order valence-electron chi connectivity index (χ3n) is 5.37. The van der Waals surface area contributed by atoms with E-state index in [0.717, 1.165) is 11.1 Å².